The van der Waals surface area contributed by atoms with Crippen LogP contribution in [-0.4, -0.2) is 85.3 Å². The number of aromatic hydroxyl groups is 4. The van der Waals surface area contributed by atoms with E-state index >= 15 is 0 Å². The maximum atomic E-state index is 12.8. The largest absolute Gasteiger partial charge is 0.507 e. The van der Waals surface area contributed by atoms with Crippen molar-refractivity contribution in [3.05, 3.63) is 34.5 Å². The topological polar surface area (TPSA) is 220 Å². The van der Waals surface area contributed by atoms with E-state index in [-0.39, 0.29) is 22.6 Å². The molecule has 188 valence electrons. The molecule has 0 radical (unpaired) electrons. The molecule has 0 saturated carbocycles. The number of hydrogen-bond donors (Lipinski definition) is 8. The molecule has 4 rings (SSSR count). The van der Waals surface area contributed by atoms with Crippen LogP contribution in [0, 0.1) is 0 Å². The molecule has 8 N–H and O–H groups in total. The van der Waals surface area contributed by atoms with Crippen molar-refractivity contribution < 1.29 is 59.5 Å². The van der Waals surface area contributed by atoms with E-state index in [0.717, 1.165) is 18.2 Å². The molecule has 1 aliphatic rings. The van der Waals surface area contributed by atoms with Crippen LogP contribution in [0.3, 0.4) is 0 Å². The Hall–Kier alpha value is -3.75. The number of phenolic OH excluding ortho intramolecular Hbond substituents is 3. The van der Waals surface area contributed by atoms with Gasteiger partial charge in [0.25, 0.3) is 0 Å². The Balaban J connectivity index is 1.79. The van der Waals surface area contributed by atoms with E-state index in [2.05, 4.69) is 0 Å². The van der Waals surface area contributed by atoms with E-state index in [1.165, 1.54) is 13.2 Å². The van der Waals surface area contributed by atoms with Gasteiger partial charge in [-0.2, -0.15) is 0 Å². The molecule has 1 aliphatic heterocycles. The fraction of sp³-hybridized carbons (Fsp3) is 0.318. The summed E-state index contributed by atoms with van der Waals surface area (Å²) in [5.41, 5.74) is -1.35. The van der Waals surface area contributed by atoms with Gasteiger partial charge in [0.2, 0.25) is 23.2 Å². The van der Waals surface area contributed by atoms with Crippen molar-refractivity contribution in [1.82, 2.24) is 0 Å². The number of rotatable bonds is 5. The van der Waals surface area contributed by atoms with Gasteiger partial charge in [-0.3, -0.25) is 4.79 Å². The highest BCUT2D eigenvalue weighted by molar-refractivity contribution is 5.88. The number of methoxy groups -OCH3 is 1. The quantitative estimate of drug-likeness (QED) is 0.209. The zero-order valence-corrected chi connectivity index (χ0v) is 18.0. The Bertz CT molecular complexity index is 1320. The molecule has 13 heteroatoms. The summed E-state index contributed by atoms with van der Waals surface area (Å²) in [6.07, 6.45) is -7.88. The van der Waals surface area contributed by atoms with E-state index in [4.69, 9.17) is 18.6 Å². The van der Waals surface area contributed by atoms with E-state index in [9.17, 15) is 45.6 Å². The summed E-state index contributed by atoms with van der Waals surface area (Å²) in [4.78, 5) is 12.8. The van der Waals surface area contributed by atoms with Crippen molar-refractivity contribution in [3.63, 3.8) is 0 Å². The van der Waals surface area contributed by atoms with Crippen molar-refractivity contribution in [2.75, 3.05) is 13.7 Å². The minimum absolute atomic E-state index is 0.0478. The zero-order chi connectivity index (χ0) is 25.6. The van der Waals surface area contributed by atoms with Gasteiger partial charge in [0.1, 0.15) is 46.9 Å². The van der Waals surface area contributed by atoms with Crippen LogP contribution in [-0.2, 0) is 4.74 Å². The summed E-state index contributed by atoms with van der Waals surface area (Å²) < 4.78 is 21.3. The summed E-state index contributed by atoms with van der Waals surface area (Å²) in [5, 5.41) is 79.5. The van der Waals surface area contributed by atoms with Gasteiger partial charge in [-0.25, -0.2) is 0 Å². The molecule has 0 amide bonds. The lowest BCUT2D eigenvalue weighted by atomic mass is 9.99. The predicted octanol–water partition coefficient (Wildman–Crippen LogP) is -0.530. The van der Waals surface area contributed by atoms with Crippen LogP contribution in [0.4, 0.5) is 0 Å². The number of aliphatic hydroxyl groups is 4. The molecule has 0 bridgehead atoms. The van der Waals surface area contributed by atoms with Crippen molar-refractivity contribution >= 4 is 11.0 Å². The standard InChI is InChI=1S/C22H22O13/c1-32-12-3-7(2-10(25)15(12)26)21-19(30)17(28)14-9(24)4-8(5-11(14)34-21)33-22-20(31)18(29)16(27)13(6-23)35-22/h2-5,13,16,18,20,22-27,29-31H,6H2,1H3/t13-,16-,18-,20-,22-/m0/s1. The molecule has 2 heterocycles. The van der Waals surface area contributed by atoms with Crippen LogP contribution in [0.15, 0.2) is 33.5 Å². The van der Waals surface area contributed by atoms with Crippen LogP contribution in [0.2, 0.25) is 0 Å². The molecule has 2 aromatic carbocycles. The van der Waals surface area contributed by atoms with Crippen molar-refractivity contribution in [1.29, 1.82) is 0 Å². The minimum Gasteiger partial charge on any atom is -0.507 e. The zero-order valence-electron chi connectivity index (χ0n) is 18.0. The van der Waals surface area contributed by atoms with Crippen molar-refractivity contribution in [3.8, 4) is 45.8 Å². The van der Waals surface area contributed by atoms with Gasteiger partial charge in [0, 0.05) is 17.7 Å². The monoisotopic (exact) mass is 494 g/mol. The SMILES string of the molecule is COc1cc(-c2oc3cc(O[C@H]4O[C@@H](CO)[C@H](O)[C@H](O)[C@@H]4O)cc(O)c3c(=O)c2O)cc(O)c1O. The highest BCUT2D eigenvalue weighted by atomic mass is 16.7. The second-order valence-corrected chi connectivity index (χ2v) is 7.79. The van der Waals surface area contributed by atoms with E-state index in [1.807, 2.05) is 0 Å². The molecular formula is C22H22O13. The minimum atomic E-state index is -1.74. The lowest BCUT2D eigenvalue weighted by Crippen LogP contribution is -2.60. The van der Waals surface area contributed by atoms with Gasteiger partial charge in [-0.05, 0) is 12.1 Å². The third-order valence-electron chi connectivity index (χ3n) is 5.56. The average molecular weight is 494 g/mol. The molecule has 35 heavy (non-hydrogen) atoms. The van der Waals surface area contributed by atoms with Gasteiger partial charge >= 0.3 is 0 Å². The fourth-order valence-electron chi connectivity index (χ4n) is 3.71. The molecule has 3 aromatic rings. The molecule has 0 unspecified atom stereocenters. The number of aliphatic hydroxyl groups excluding tert-OH is 4. The molecule has 0 spiro atoms. The molecule has 0 aliphatic carbocycles. The van der Waals surface area contributed by atoms with Crippen LogP contribution >= 0.6 is 0 Å². The van der Waals surface area contributed by atoms with Crippen LogP contribution < -0.4 is 14.9 Å². The molecule has 5 atom stereocenters. The normalized spacial score (nSPS) is 24.4. The first-order chi connectivity index (χ1) is 16.6. The maximum absolute atomic E-state index is 12.8. The van der Waals surface area contributed by atoms with Crippen molar-refractivity contribution in [2.24, 2.45) is 0 Å². The molecule has 13 nitrogen and oxygen atoms in total. The van der Waals surface area contributed by atoms with Crippen LogP contribution in [0.25, 0.3) is 22.3 Å². The van der Waals surface area contributed by atoms with Gasteiger partial charge in [-0.15, -0.1) is 0 Å². The summed E-state index contributed by atoms with van der Waals surface area (Å²) in [5.74, 6) is -3.57. The number of phenols is 3. The Morgan fingerprint density at radius 3 is 2.29 bits per heavy atom. The Labute approximate surface area is 195 Å². The second kappa shape index (κ2) is 9.13. The number of hydrogen-bond acceptors (Lipinski definition) is 13. The Kier molecular flexibility index (Phi) is 6.36. The number of benzene rings is 2. The van der Waals surface area contributed by atoms with Gasteiger partial charge in [0.05, 0.1) is 13.7 Å². The summed E-state index contributed by atoms with van der Waals surface area (Å²) >= 11 is 0. The fourth-order valence-corrected chi connectivity index (χ4v) is 3.71. The first-order valence-corrected chi connectivity index (χ1v) is 10.2. The van der Waals surface area contributed by atoms with E-state index in [1.54, 1.807) is 0 Å². The Morgan fingerprint density at radius 2 is 1.63 bits per heavy atom. The first kappa shape index (κ1) is 24.4. The second-order valence-electron chi connectivity index (χ2n) is 7.79. The van der Waals surface area contributed by atoms with Gasteiger partial charge < -0.3 is 59.5 Å². The summed E-state index contributed by atoms with van der Waals surface area (Å²) in [6, 6.07) is 4.29. The number of fused-ring (bicyclic) bond motifs is 1. The first-order valence-electron chi connectivity index (χ1n) is 10.2. The summed E-state index contributed by atoms with van der Waals surface area (Å²) in [6.45, 7) is -0.686. The predicted molar refractivity (Wildman–Crippen MR) is 116 cm³/mol. The lowest BCUT2D eigenvalue weighted by Gasteiger charge is -2.39. The van der Waals surface area contributed by atoms with Crippen LogP contribution in [0.1, 0.15) is 0 Å². The maximum Gasteiger partial charge on any atom is 0.238 e. The smallest absolute Gasteiger partial charge is 0.238 e. The van der Waals surface area contributed by atoms with Gasteiger partial charge in [0.15, 0.2) is 17.3 Å². The highest BCUT2D eigenvalue weighted by Gasteiger charge is 2.44. The number of ether oxygens (including phenoxy) is 3. The molecule has 1 saturated heterocycles. The molecular weight excluding hydrogens is 472 g/mol. The van der Waals surface area contributed by atoms with E-state index < -0.39 is 76.9 Å². The van der Waals surface area contributed by atoms with Crippen LogP contribution in [0.5, 0.6) is 34.5 Å². The average Bonchev–Trinajstić information content (AvgIpc) is 2.83. The van der Waals surface area contributed by atoms with E-state index in [0.29, 0.717) is 0 Å². The highest BCUT2D eigenvalue weighted by Crippen LogP contribution is 2.42. The third kappa shape index (κ3) is 4.15. The summed E-state index contributed by atoms with van der Waals surface area (Å²) in [7, 11) is 1.22. The van der Waals surface area contributed by atoms with Crippen molar-refractivity contribution in [2.45, 2.75) is 30.7 Å². The molecule has 1 fully saturated rings. The Morgan fingerprint density at radius 1 is 0.914 bits per heavy atom. The molecule has 1 aromatic heterocycles. The van der Waals surface area contributed by atoms with Gasteiger partial charge in [-0.1, -0.05) is 0 Å². The third-order valence-corrected chi connectivity index (χ3v) is 5.56. The lowest BCUT2D eigenvalue weighted by molar-refractivity contribution is -0.277.